The molecular weight excluding hydrogens is 484 g/mol. The molecule has 1 aromatic carbocycles. The van der Waals surface area contributed by atoms with Crippen LogP contribution in [0.1, 0.15) is 53.0 Å². The minimum Gasteiger partial charge on any atom is -0.444 e. The number of likely N-dealkylation sites (tertiary alicyclic amines) is 1. The van der Waals surface area contributed by atoms with E-state index in [1.165, 1.54) is 24.5 Å². The van der Waals surface area contributed by atoms with Gasteiger partial charge in [-0.15, -0.1) is 0 Å². The van der Waals surface area contributed by atoms with Crippen molar-refractivity contribution in [3.63, 3.8) is 0 Å². The van der Waals surface area contributed by atoms with Gasteiger partial charge in [0.05, 0.1) is 11.3 Å². The minimum absolute atomic E-state index is 0.0357. The smallest absolute Gasteiger partial charge is 0.410 e. The highest BCUT2D eigenvalue weighted by Crippen LogP contribution is 2.31. The predicted molar refractivity (Wildman–Crippen MR) is 134 cm³/mol. The SMILES string of the molecule is Cc1ccc(S(=O)(=O)N2C=CNC(=O)[C@H]2CC(=O)NC2CCN(C(=O)OC(C)(C)C)CC2(C)C)cc1. The number of rotatable bonds is 5. The second-order valence-corrected chi connectivity index (χ2v) is 12.8. The molecule has 11 heteroatoms. The summed E-state index contributed by atoms with van der Waals surface area (Å²) in [6.07, 6.45) is 2.27. The molecule has 0 radical (unpaired) electrons. The highest BCUT2D eigenvalue weighted by Gasteiger charge is 2.41. The fourth-order valence-corrected chi connectivity index (χ4v) is 5.76. The maximum atomic E-state index is 13.2. The van der Waals surface area contributed by atoms with E-state index in [1.807, 2.05) is 41.5 Å². The summed E-state index contributed by atoms with van der Waals surface area (Å²) in [6.45, 7) is 11.9. The van der Waals surface area contributed by atoms with Crippen molar-refractivity contribution < 1.29 is 27.5 Å². The molecule has 0 spiro atoms. The van der Waals surface area contributed by atoms with Crippen molar-refractivity contribution in [2.24, 2.45) is 5.41 Å². The first-order chi connectivity index (χ1) is 16.6. The first-order valence-electron chi connectivity index (χ1n) is 11.9. The highest BCUT2D eigenvalue weighted by atomic mass is 32.2. The average molecular weight is 521 g/mol. The molecule has 2 N–H and O–H groups in total. The van der Waals surface area contributed by atoms with Gasteiger partial charge in [-0.2, -0.15) is 0 Å². The first-order valence-corrected chi connectivity index (χ1v) is 13.4. The van der Waals surface area contributed by atoms with Crippen LogP contribution in [-0.4, -0.2) is 66.3 Å². The van der Waals surface area contributed by atoms with E-state index in [9.17, 15) is 22.8 Å². The molecule has 0 bridgehead atoms. The molecule has 3 rings (SSSR count). The largest absolute Gasteiger partial charge is 0.444 e. The summed E-state index contributed by atoms with van der Waals surface area (Å²) in [6, 6.07) is 4.80. The standard InChI is InChI=1S/C25H36N4O6S/c1-17-7-9-18(10-8-17)36(33,34)29-14-12-26-22(31)19(29)15-21(30)27-20-11-13-28(16-25(20,5)6)23(32)35-24(2,3)4/h7-10,12,14,19-20H,11,13,15-16H2,1-6H3,(H,26,31)(H,27,30)/t19-,20?/m1/s1. The summed E-state index contributed by atoms with van der Waals surface area (Å²) in [5, 5.41) is 5.45. The molecule has 1 aromatic rings. The molecule has 198 valence electrons. The molecular formula is C25H36N4O6S. The second-order valence-electron chi connectivity index (χ2n) is 11.0. The Morgan fingerprint density at radius 2 is 1.83 bits per heavy atom. The molecule has 2 aliphatic rings. The van der Waals surface area contributed by atoms with Gasteiger partial charge < -0.3 is 20.3 Å². The number of nitrogens with one attached hydrogen (secondary N) is 2. The molecule has 1 unspecified atom stereocenters. The van der Waals surface area contributed by atoms with Crippen LogP contribution in [0.15, 0.2) is 41.6 Å². The molecule has 3 amide bonds. The van der Waals surface area contributed by atoms with Crippen molar-refractivity contribution in [1.29, 1.82) is 0 Å². The number of carbonyl (C=O) groups is 3. The number of hydrogen-bond donors (Lipinski definition) is 2. The van der Waals surface area contributed by atoms with Crippen molar-refractivity contribution in [2.45, 2.75) is 77.0 Å². The van der Waals surface area contributed by atoms with Gasteiger partial charge in [-0.1, -0.05) is 31.5 Å². The molecule has 10 nitrogen and oxygen atoms in total. The summed E-state index contributed by atoms with van der Waals surface area (Å²) in [5.41, 5.74) is -0.170. The number of amides is 3. The van der Waals surface area contributed by atoms with Gasteiger partial charge in [-0.05, 0) is 46.2 Å². The lowest BCUT2D eigenvalue weighted by Gasteiger charge is -2.44. The molecule has 1 saturated heterocycles. The molecule has 2 aliphatic heterocycles. The second kappa shape index (κ2) is 10.1. The van der Waals surface area contributed by atoms with E-state index in [0.29, 0.717) is 19.5 Å². The third-order valence-corrected chi connectivity index (χ3v) is 8.05. The van der Waals surface area contributed by atoms with E-state index in [2.05, 4.69) is 10.6 Å². The van der Waals surface area contributed by atoms with E-state index >= 15 is 0 Å². The van der Waals surface area contributed by atoms with Gasteiger partial charge in [0.25, 0.3) is 10.0 Å². The molecule has 0 aromatic heterocycles. The Labute approximate surface area is 213 Å². The Balaban J connectivity index is 1.69. The lowest BCUT2D eigenvalue weighted by atomic mass is 9.79. The molecule has 0 saturated carbocycles. The maximum Gasteiger partial charge on any atom is 0.410 e. The fraction of sp³-hybridized carbons (Fsp3) is 0.560. The zero-order valence-corrected chi connectivity index (χ0v) is 22.5. The van der Waals surface area contributed by atoms with Crippen molar-refractivity contribution in [3.8, 4) is 0 Å². The van der Waals surface area contributed by atoms with Crippen LogP contribution in [0, 0.1) is 12.3 Å². The van der Waals surface area contributed by atoms with Crippen molar-refractivity contribution in [1.82, 2.24) is 19.8 Å². The maximum absolute atomic E-state index is 13.2. The Kier molecular flexibility index (Phi) is 7.73. The number of carbonyl (C=O) groups excluding carboxylic acids is 3. The van der Waals surface area contributed by atoms with E-state index in [0.717, 1.165) is 9.87 Å². The van der Waals surface area contributed by atoms with Gasteiger partial charge in [0.2, 0.25) is 11.8 Å². The van der Waals surface area contributed by atoms with Crippen molar-refractivity contribution in [3.05, 3.63) is 42.2 Å². The number of benzene rings is 1. The van der Waals surface area contributed by atoms with E-state index in [-0.39, 0.29) is 17.4 Å². The fourth-order valence-electron chi connectivity index (χ4n) is 4.31. The van der Waals surface area contributed by atoms with Crippen LogP contribution in [0.3, 0.4) is 0 Å². The Morgan fingerprint density at radius 3 is 2.42 bits per heavy atom. The zero-order valence-electron chi connectivity index (χ0n) is 21.7. The normalized spacial score (nSPS) is 22.1. The lowest BCUT2D eigenvalue weighted by molar-refractivity contribution is -0.130. The van der Waals surface area contributed by atoms with Gasteiger partial charge in [0.1, 0.15) is 11.6 Å². The number of sulfonamides is 1. The van der Waals surface area contributed by atoms with Crippen LogP contribution in [0.25, 0.3) is 0 Å². The molecule has 2 atom stereocenters. The van der Waals surface area contributed by atoms with Crippen LogP contribution in [0.2, 0.25) is 0 Å². The van der Waals surface area contributed by atoms with Crippen LogP contribution in [0.5, 0.6) is 0 Å². The molecule has 0 aliphatic carbocycles. The van der Waals surface area contributed by atoms with Gasteiger partial charge in [-0.25, -0.2) is 13.2 Å². The predicted octanol–water partition coefficient (Wildman–Crippen LogP) is 2.50. The van der Waals surface area contributed by atoms with Gasteiger partial charge in [0.15, 0.2) is 0 Å². The molecule has 1 fully saturated rings. The highest BCUT2D eigenvalue weighted by molar-refractivity contribution is 7.89. The summed E-state index contributed by atoms with van der Waals surface area (Å²) < 4.78 is 32.9. The van der Waals surface area contributed by atoms with Crippen LogP contribution < -0.4 is 10.6 Å². The van der Waals surface area contributed by atoms with E-state index in [1.54, 1.807) is 17.0 Å². The lowest BCUT2D eigenvalue weighted by Crippen LogP contribution is -2.58. The third-order valence-electron chi connectivity index (χ3n) is 6.25. The van der Waals surface area contributed by atoms with Crippen LogP contribution in [0.4, 0.5) is 4.79 Å². The van der Waals surface area contributed by atoms with Gasteiger partial charge >= 0.3 is 6.09 Å². The van der Waals surface area contributed by atoms with Crippen LogP contribution >= 0.6 is 0 Å². The quantitative estimate of drug-likeness (QED) is 0.615. The summed E-state index contributed by atoms with van der Waals surface area (Å²) in [7, 11) is -4.05. The molecule has 36 heavy (non-hydrogen) atoms. The summed E-state index contributed by atoms with van der Waals surface area (Å²) in [4.78, 5) is 39.8. The first kappa shape index (κ1) is 27.5. The Bertz CT molecular complexity index is 1140. The summed E-state index contributed by atoms with van der Waals surface area (Å²) in [5.74, 6) is -1.03. The third kappa shape index (κ3) is 6.37. The number of aryl methyl sites for hydroxylation is 1. The summed E-state index contributed by atoms with van der Waals surface area (Å²) >= 11 is 0. The van der Waals surface area contributed by atoms with Crippen molar-refractivity contribution in [2.75, 3.05) is 13.1 Å². The number of ether oxygens (including phenoxy) is 1. The minimum atomic E-state index is -4.05. The van der Waals surface area contributed by atoms with Gasteiger partial charge in [-0.3, -0.25) is 13.9 Å². The Hall–Kier alpha value is -3.08. The average Bonchev–Trinajstić information content (AvgIpc) is 2.75. The zero-order chi connectivity index (χ0) is 26.9. The van der Waals surface area contributed by atoms with Crippen molar-refractivity contribution >= 4 is 27.9 Å². The number of hydrogen-bond acceptors (Lipinski definition) is 6. The molecule has 2 heterocycles. The monoisotopic (exact) mass is 520 g/mol. The van der Waals surface area contributed by atoms with Crippen LogP contribution in [-0.2, 0) is 24.3 Å². The number of nitrogens with zero attached hydrogens (tertiary/aromatic N) is 2. The van der Waals surface area contributed by atoms with E-state index in [4.69, 9.17) is 4.74 Å². The van der Waals surface area contributed by atoms with Gasteiger partial charge in [0, 0.05) is 36.9 Å². The Morgan fingerprint density at radius 1 is 1.19 bits per heavy atom. The topological polar surface area (TPSA) is 125 Å². The van der Waals surface area contributed by atoms with E-state index < -0.39 is 45.0 Å². The number of piperidine rings is 1.